The average Bonchev–Trinajstić information content (AvgIpc) is 3.44. The molecule has 0 spiro atoms. The van der Waals surface area contributed by atoms with E-state index in [0.717, 1.165) is 148 Å². The fourth-order valence-electron chi connectivity index (χ4n) is 8.55. The molecule has 0 aromatic carbocycles. The molecule has 0 saturated carbocycles. The minimum absolute atomic E-state index is 0.0401. The van der Waals surface area contributed by atoms with Gasteiger partial charge < -0.3 is 28.5 Å². The number of carbonyl (C=O) groups excluding carboxylic acids is 2. The maximum Gasteiger partial charge on any atom is 0.306 e. The fraction of sp³-hybridized carbons (Fsp3) is 0.639. The Morgan fingerprint density at radius 2 is 0.780 bits per heavy atom. The van der Waals surface area contributed by atoms with E-state index in [9.17, 15) is 19.0 Å². The molecule has 0 fully saturated rings. The maximum absolute atomic E-state index is 13.5. The zero-order valence-electron chi connectivity index (χ0n) is 53.1. The zero-order valence-corrected chi connectivity index (χ0v) is 54.0. The van der Waals surface area contributed by atoms with Crippen LogP contribution in [-0.4, -0.2) is 69.4 Å². The van der Waals surface area contributed by atoms with Gasteiger partial charge >= 0.3 is 5.97 Å². The summed E-state index contributed by atoms with van der Waals surface area (Å²) in [4.78, 5) is 40.1. The number of hydrogen-bond donors (Lipinski definition) is 1. The third-order valence-corrected chi connectivity index (χ3v) is 14.5. The highest BCUT2D eigenvalue weighted by atomic mass is 31.2. The molecule has 1 N–H and O–H groups in total. The van der Waals surface area contributed by atoms with E-state index in [1.165, 1.54) is 51.4 Å². The molecule has 0 saturated heterocycles. The molecule has 0 aliphatic carbocycles. The van der Waals surface area contributed by atoms with Crippen molar-refractivity contribution in [3.63, 3.8) is 0 Å². The van der Waals surface area contributed by atoms with Crippen LogP contribution in [0, 0.1) is 0 Å². The molecule has 466 valence electrons. The molecule has 0 aromatic rings. The molecule has 0 heterocycles. The highest BCUT2D eigenvalue weighted by molar-refractivity contribution is 7.45. The molecule has 10 heteroatoms. The van der Waals surface area contributed by atoms with Crippen molar-refractivity contribution in [2.45, 2.75) is 258 Å². The van der Waals surface area contributed by atoms with Crippen molar-refractivity contribution < 1.29 is 37.3 Å². The summed E-state index contributed by atoms with van der Waals surface area (Å²) in [6.07, 6.45) is 86.7. The molecule has 0 bridgehead atoms. The zero-order chi connectivity index (χ0) is 60.0. The third kappa shape index (κ3) is 60.5. The summed E-state index contributed by atoms with van der Waals surface area (Å²) in [6.45, 7) is 6.56. The number of esters is 1. The second-order valence-corrected chi connectivity index (χ2v) is 23.9. The van der Waals surface area contributed by atoms with Gasteiger partial charge in [0.2, 0.25) is 5.91 Å². The van der Waals surface area contributed by atoms with E-state index in [2.05, 4.69) is 160 Å². The smallest absolute Gasteiger partial charge is 0.306 e. The maximum atomic E-state index is 13.5. The number of phosphoric acid groups is 1. The second kappa shape index (κ2) is 60.0. The molecule has 3 atom stereocenters. The van der Waals surface area contributed by atoms with Gasteiger partial charge in [0.1, 0.15) is 19.3 Å². The summed E-state index contributed by atoms with van der Waals surface area (Å²) in [5.41, 5.74) is 0. The van der Waals surface area contributed by atoms with Crippen molar-refractivity contribution in [1.82, 2.24) is 5.32 Å². The van der Waals surface area contributed by atoms with E-state index in [1.807, 2.05) is 33.3 Å². The number of unbranched alkanes of at least 4 members (excludes halogenated alkanes) is 19. The molecule has 0 aliphatic rings. The highest BCUT2D eigenvalue weighted by Gasteiger charge is 2.27. The molecule has 0 radical (unpaired) electrons. The first-order valence-corrected chi connectivity index (χ1v) is 34.1. The highest BCUT2D eigenvalue weighted by Crippen LogP contribution is 2.38. The first-order valence-electron chi connectivity index (χ1n) is 32.6. The second-order valence-electron chi connectivity index (χ2n) is 22.5. The number of quaternary nitrogens is 1. The fourth-order valence-corrected chi connectivity index (χ4v) is 9.27. The van der Waals surface area contributed by atoms with Gasteiger partial charge in [0.15, 0.2) is 0 Å². The molecule has 1 amide bonds. The van der Waals surface area contributed by atoms with Crippen LogP contribution in [0.4, 0.5) is 0 Å². The Kier molecular flexibility index (Phi) is 57.0. The molecule has 82 heavy (non-hydrogen) atoms. The lowest BCUT2D eigenvalue weighted by Gasteiger charge is -2.30. The van der Waals surface area contributed by atoms with Gasteiger partial charge in [-0.15, -0.1) is 0 Å². The summed E-state index contributed by atoms with van der Waals surface area (Å²) in [6, 6.07) is -0.924. The normalized spacial score (nSPS) is 14.6. The van der Waals surface area contributed by atoms with Crippen LogP contribution in [0.2, 0.25) is 0 Å². The van der Waals surface area contributed by atoms with Crippen molar-refractivity contribution in [1.29, 1.82) is 0 Å². The Morgan fingerprint density at radius 3 is 1.18 bits per heavy atom. The standard InChI is InChI=1S/C72H121N2O7P/c1-7-10-13-16-19-22-25-28-30-32-34-35-36-37-38-39-41-43-45-47-50-53-56-59-62-65-72(76)81-70(63-60-57-54-51-48-27-24-21-18-15-12-9-3)69(68-80-82(77,78)79-67-66-74(4,5)6)73-71(75)64-61-58-55-52-49-46-44-42-40-33-31-29-26-23-20-17-14-11-8-2/h10-11,13-14,19-20,22-23,28-31,34-35,37-38,40-43,46,49,60,63,69-70H,7-9,12,15-18,21,24-27,32-33,36,39,44-45,47-48,50-59,61-62,64-68H2,1-6H3,(H-,73,75,77,78)/b13-10-,14-11-,22-19-,23-20-,30-28-,31-29-,35-34-,38-37-,42-40-,43-41-,49-46-,63-60-. The predicted molar refractivity (Wildman–Crippen MR) is 353 cm³/mol. The van der Waals surface area contributed by atoms with Gasteiger partial charge in [-0.1, -0.05) is 250 Å². The third-order valence-electron chi connectivity index (χ3n) is 13.5. The van der Waals surface area contributed by atoms with E-state index < -0.39 is 26.6 Å². The Labute approximate surface area is 504 Å². The predicted octanol–water partition coefficient (Wildman–Crippen LogP) is 20.0. The largest absolute Gasteiger partial charge is 0.756 e. The van der Waals surface area contributed by atoms with E-state index in [-0.39, 0.29) is 31.3 Å². The number of amides is 1. The molecular weight excluding hydrogens is 1040 g/mol. The van der Waals surface area contributed by atoms with Crippen molar-refractivity contribution in [3.8, 4) is 0 Å². The Hall–Kier alpha value is -4.11. The number of nitrogens with one attached hydrogen (secondary N) is 1. The number of phosphoric ester groups is 1. The number of ether oxygens (including phenoxy) is 1. The lowest BCUT2D eigenvalue weighted by molar-refractivity contribution is -0.870. The van der Waals surface area contributed by atoms with Crippen LogP contribution < -0.4 is 10.2 Å². The van der Waals surface area contributed by atoms with Gasteiger partial charge in [-0.05, 0) is 128 Å². The summed E-state index contributed by atoms with van der Waals surface area (Å²) < 4.78 is 30.3. The van der Waals surface area contributed by atoms with Crippen molar-refractivity contribution in [2.24, 2.45) is 0 Å². The number of nitrogens with zero attached hydrogens (tertiary/aromatic N) is 1. The van der Waals surface area contributed by atoms with Gasteiger partial charge in [-0.2, -0.15) is 0 Å². The molecule has 0 aromatic heterocycles. The number of likely N-dealkylation sites (N-methyl/N-ethyl adjacent to an activating group) is 1. The Morgan fingerprint density at radius 1 is 0.439 bits per heavy atom. The van der Waals surface area contributed by atoms with Crippen molar-refractivity contribution in [3.05, 3.63) is 146 Å². The SMILES string of the molecule is CC/C=C\C/C=C\C/C=C\C/C=C\C/C=C\C/C=C\CCCCCCCCC(=O)OC(/C=C\CCCCCCCCCCCC)C(COP(=O)([O-])OCC[N+](C)(C)C)NC(=O)CCCCC/C=C\C/C=C\C/C=C\C/C=C\C/C=C\CC. The lowest BCUT2D eigenvalue weighted by Crippen LogP contribution is -2.47. The average molecular weight is 1160 g/mol. The number of hydrogen-bond acceptors (Lipinski definition) is 7. The monoisotopic (exact) mass is 1160 g/mol. The summed E-state index contributed by atoms with van der Waals surface area (Å²) in [7, 11) is 1.13. The van der Waals surface area contributed by atoms with Crippen LogP contribution in [0.5, 0.6) is 0 Å². The van der Waals surface area contributed by atoms with Gasteiger partial charge in [0, 0.05) is 12.8 Å². The van der Waals surface area contributed by atoms with Crippen LogP contribution in [0.1, 0.15) is 245 Å². The van der Waals surface area contributed by atoms with Crippen LogP contribution in [0.25, 0.3) is 0 Å². The number of allylic oxidation sites excluding steroid dienone is 23. The minimum Gasteiger partial charge on any atom is -0.756 e. The minimum atomic E-state index is -4.73. The Bertz CT molecular complexity index is 1910. The summed E-state index contributed by atoms with van der Waals surface area (Å²) >= 11 is 0. The van der Waals surface area contributed by atoms with Crippen molar-refractivity contribution >= 4 is 19.7 Å². The van der Waals surface area contributed by atoms with Gasteiger partial charge in [-0.3, -0.25) is 14.2 Å². The Balaban J connectivity index is 5.28. The van der Waals surface area contributed by atoms with E-state index in [4.69, 9.17) is 13.8 Å². The quantitative estimate of drug-likeness (QED) is 0.0212. The van der Waals surface area contributed by atoms with Crippen LogP contribution in [0.15, 0.2) is 146 Å². The first kappa shape index (κ1) is 77.9. The van der Waals surface area contributed by atoms with Crippen LogP contribution in [-0.2, 0) is 27.9 Å². The molecule has 3 unspecified atom stereocenters. The van der Waals surface area contributed by atoms with Gasteiger partial charge in [0.25, 0.3) is 7.82 Å². The van der Waals surface area contributed by atoms with Crippen LogP contribution >= 0.6 is 7.82 Å². The molecular formula is C72H121N2O7P. The number of rotatable bonds is 57. The van der Waals surface area contributed by atoms with E-state index in [1.54, 1.807) is 0 Å². The van der Waals surface area contributed by atoms with Gasteiger partial charge in [-0.25, -0.2) is 0 Å². The lowest BCUT2D eigenvalue weighted by atomic mass is 10.0. The van der Waals surface area contributed by atoms with Crippen LogP contribution in [0.3, 0.4) is 0 Å². The summed E-state index contributed by atoms with van der Waals surface area (Å²) in [5, 5.41) is 3.01. The van der Waals surface area contributed by atoms with E-state index >= 15 is 0 Å². The van der Waals surface area contributed by atoms with Gasteiger partial charge in [0.05, 0.1) is 33.8 Å². The summed E-state index contributed by atoms with van der Waals surface area (Å²) in [5.74, 6) is -0.606. The molecule has 0 aliphatic heterocycles. The molecule has 0 rings (SSSR count). The topological polar surface area (TPSA) is 114 Å². The number of carbonyl (C=O) groups is 2. The molecule has 9 nitrogen and oxygen atoms in total. The van der Waals surface area contributed by atoms with Crippen molar-refractivity contribution in [2.75, 3.05) is 40.9 Å². The van der Waals surface area contributed by atoms with E-state index in [0.29, 0.717) is 23.9 Å². The first-order chi connectivity index (χ1) is 39.9.